The Morgan fingerprint density at radius 2 is 1.84 bits per heavy atom. The van der Waals surface area contributed by atoms with Crippen LogP contribution in [0.1, 0.15) is 12.5 Å². The predicted octanol–water partition coefficient (Wildman–Crippen LogP) is 1.70. The average molecular weight is 267 g/mol. The van der Waals surface area contributed by atoms with Crippen LogP contribution in [-0.4, -0.2) is 33.5 Å². The Bertz CT molecular complexity index is 496. The molecule has 2 N–H and O–H groups in total. The monoisotopic (exact) mass is 267 g/mol. The maximum Gasteiger partial charge on any atom is 0.371 e. The van der Waals surface area contributed by atoms with E-state index in [9.17, 15) is 14.0 Å². The lowest BCUT2D eigenvalue weighted by Gasteiger charge is -2.19. The van der Waals surface area contributed by atoms with E-state index in [-0.39, 0.29) is 12.4 Å². The molecule has 19 heavy (non-hydrogen) atoms. The van der Waals surface area contributed by atoms with Gasteiger partial charge in [-0.2, -0.15) is 0 Å². The molecule has 0 aliphatic rings. The summed E-state index contributed by atoms with van der Waals surface area (Å²) in [6, 6.07) is 5.62. The number of carboxylic acids is 1. The zero-order chi connectivity index (χ0) is 14.4. The van der Waals surface area contributed by atoms with Gasteiger partial charge in [0.1, 0.15) is 5.82 Å². The SMILES string of the molecule is CCN(Cc1ccc(F)cc1)C(=O)/C=C(\O)C(=O)O. The number of nitrogens with zero attached hydrogens (tertiary/aromatic N) is 1. The Morgan fingerprint density at radius 3 is 2.32 bits per heavy atom. The van der Waals surface area contributed by atoms with E-state index >= 15 is 0 Å². The number of carbonyl (C=O) groups excluding carboxylic acids is 1. The van der Waals surface area contributed by atoms with Crippen LogP contribution in [0.25, 0.3) is 0 Å². The fraction of sp³-hybridized carbons (Fsp3) is 0.231. The van der Waals surface area contributed by atoms with Crippen molar-refractivity contribution in [2.75, 3.05) is 6.54 Å². The number of aliphatic carboxylic acids is 1. The number of hydrogen-bond donors (Lipinski definition) is 2. The highest BCUT2D eigenvalue weighted by Gasteiger charge is 2.13. The van der Waals surface area contributed by atoms with Crippen LogP contribution < -0.4 is 0 Å². The third-order valence-electron chi connectivity index (χ3n) is 2.46. The number of carboxylic acid groups (broad SMARTS) is 1. The molecule has 0 saturated carbocycles. The highest BCUT2D eigenvalue weighted by Crippen LogP contribution is 2.07. The van der Waals surface area contributed by atoms with E-state index < -0.39 is 17.6 Å². The van der Waals surface area contributed by atoms with E-state index in [1.165, 1.54) is 29.2 Å². The maximum absolute atomic E-state index is 12.7. The zero-order valence-electron chi connectivity index (χ0n) is 10.3. The van der Waals surface area contributed by atoms with Crippen LogP contribution in [0.2, 0.25) is 0 Å². The van der Waals surface area contributed by atoms with Gasteiger partial charge in [-0.05, 0) is 24.6 Å². The molecule has 0 aliphatic heterocycles. The van der Waals surface area contributed by atoms with E-state index in [2.05, 4.69) is 0 Å². The van der Waals surface area contributed by atoms with Crippen LogP contribution in [-0.2, 0) is 16.1 Å². The summed E-state index contributed by atoms with van der Waals surface area (Å²) in [7, 11) is 0. The predicted molar refractivity (Wildman–Crippen MR) is 65.8 cm³/mol. The molecule has 5 nitrogen and oxygen atoms in total. The highest BCUT2D eigenvalue weighted by molar-refractivity contribution is 5.95. The molecular weight excluding hydrogens is 253 g/mol. The lowest BCUT2D eigenvalue weighted by Crippen LogP contribution is -2.29. The summed E-state index contributed by atoms with van der Waals surface area (Å²) in [5.41, 5.74) is 0.708. The third kappa shape index (κ3) is 4.42. The second-order valence-corrected chi connectivity index (χ2v) is 3.81. The topological polar surface area (TPSA) is 77.8 Å². The normalized spacial score (nSPS) is 11.2. The molecule has 0 unspecified atom stereocenters. The molecule has 1 rings (SSSR count). The van der Waals surface area contributed by atoms with Crippen molar-refractivity contribution in [1.29, 1.82) is 0 Å². The molecule has 0 spiro atoms. The minimum atomic E-state index is -1.56. The Balaban J connectivity index is 2.78. The van der Waals surface area contributed by atoms with Crippen LogP contribution in [0.3, 0.4) is 0 Å². The summed E-state index contributed by atoms with van der Waals surface area (Å²) in [5.74, 6) is -3.57. The smallest absolute Gasteiger partial charge is 0.371 e. The lowest BCUT2D eigenvalue weighted by atomic mass is 10.2. The molecule has 0 aliphatic carbocycles. The molecule has 1 amide bonds. The van der Waals surface area contributed by atoms with Crippen molar-refractivity contribution in [3.05, 3.63) is 47.5 Å². The van der Waals surface area contributed by atoms with Gasteiger partial charge in [-0.25, -0.2) is 9.18 Å². The second kappa shape index (κ2) is 6.53. The molecule has 0 aromatic heterocycles. The molecule has 0 fully saturated rings. The fourth-order valence-corrected chi connectivity index (χ4v) is 1.43. The zero-order valence-corrected chi connectivity index (χ0v) is 10.3. The number of amides is 1. The van der Waals surface area contributed by atoms with Crippen LogP contribution in [0.4, 0.5) is 4.39 Å². The van der Waals surface area contributed by atoms with Gasteiger partial charge in [-0.1, -0.05) is 12.1 Å². The summed E-state index contributed by atoms with van der Waals surface area (Å²) in [6.45, 7) is 2.26. The number of hydrogen-bond acceptors (Lipinski definition) is 3. The fourth-order valence-electron chi connectivity index (χ4n) is 1.43. The van der Waals surface area contributed by atoms with E-state index in [1.807, 2.05) is 0 Å². The molecular formula is C13H14FNO4. The Labute approximate surface area is 109 Å². The van der Waals surface area contributed by atoms with Crippen molar-refractivity contribution in [3.63, 3.8) is 0 Å². The number of halogens is 1. The quantitative estimate of drug-likeness (QED) is 0.628. The van der Waals surface area contributed by atoms with E-state index in [0.29, 0.717) is 18.2 Å². The van der Waals surface area contributed by atoms with Gasteiger partial charge < -0.3 is 15.1 Å². The molecule has 1 aromatic carbocycles. The van der Waals surface area contributed by atoms with Crippen LogP contribution in [0, 0.1) is 5.82 Å². The van der Waals surface area contributed by atoms with Gasteiger partial charge in [0.05, 0.1) is 6.08 Å². The molecule has 1 aromatic rings. The summed E-state index contributed by atoms with van der Waals surface area (Å²) in [5, 5.41) is 17.5. The number of rotatable bonds is 5. The first-order valence-corrected chi connectivity index (χ1v) is 5.61. The van der Waals surface area contributed by atoms with Crippen molar-refractivity contribution in [1.82, 2.24) is 4.90 Å². The van der Waals surface area contributed by atoms with Crippen LogP contribution in [0.5, 0.6) is 0 Å². The molecule has 0 heterocycles. The number of aliphatic hydroxyl groups is 1. The van der Waals surface area contributed by atoms with Crippen molar-refractivity contribution in [3.8, 4) is 0 Å². The molecule has 6 heteroatoms. The lowest BCUT2D eigenvalue weighted by molar-refractivity contribution is -0.136. The Hall–Kier alpha value is -2.37. The van der Waals surface area contributed by atoms with Crippen molar-refractivity contribution in [2.24, 2.45) is 0 Å². The van der Waals surface area contributed by atoms with Gasteiger partial charge >= 0.3 is 5.97 Å². The van der Waals surface area contributed by atoms with Crippen LogP contribution >= 0.6 is 0 Å². The van der Waals surface area contributed by atoms with E-state index in [1.54, 1.807) is 6.92 Å². The first-order valence-electron chi connectivity index (χ1n) is 5.61. The third-order valence-corrected chi connectivity index (χ3v) is 2.46. The number of benzene rings is 1. The summed E-state index contributed by atoms with van der Waals surface area (Å²) in [4.78, 5) is 23.4. The van der Waals surface area contributed by atoms with E-state index in [4.69, 9.17) is 10.2 Å². The second-order valence-electron chi connectivity index (χ2n) is 3.81. The molecule has 0 radical (unpaired) electrons. The first kappa shape index (κ1) is 14.7. The number of likely N-dealkylation sites (N-methyl/N-ethyl adjacent to an activating group) is 1. The molecule has 0 saturated heterocycles. The Morgan fingerprint density at radius 1 is 1.26 bits per heavy atom. The van der Waals surface area contributed by atoms with Gasteiger partial charge in [0, 0.05) is 13.1 Å². The standard InChI is InChI=1S/C13H14FNO4/c1-2-15(12(17)7-11(16)13(18)19)8-9-3-5-10(14)6-4-9/h3-7,16H,2,8H2,1H3,(H,18,19)/b11-7-. The molecule has 102 valence electrons. The minimum absolute atomic E-state index is 0.207. The van der Waals surface area contributed by atoms with E-state index in [0.717, 1.165) is 0 Å². The largest absolute Gasteiger partial charge is 0.502 e. The number of carbonyl (C=O) groups is 2. The summed E-state index contributed by atoms with van der Waals surface area (Å²) >= 11 is 0. The van der Waals surface area contributed by atoms with Gasteiger partial charge in [0.15, 0.2) is 0 Å². The van der Waals surface area contributed by atoms with Crippen molar-refractivity contribution >= 4 is 11.9 Å². The van der Waals surface area contributed by atoms with Crippen molar-refractivity contribution < 1.29 is 24.2 Å². The molecule has 0 bridgehead atoms. The highest BCUT2D eigenvalue weighted by atomic mass is 19.1. The average Bonchev–Trinajstić information content (AvgIpc) is 2.37. The first-order chi connectivity index (χ1) is 8.93. The van der Waals surface area contributed by atoms with Gasteiger partial charge in [-0.3, -0.25) is 4.79 Å². The molecule has 0 atom stereocenters. The Kier molecular flexibility index (Phi) is 5.05. The van der Waals surface area contributed by atoms with Crippen molar-refractivity contribution in [2.45, 2.75) is 13.5 Å². The van der Waals surface area contributed by atoms with Crippen LogP contribution in [0.15, 0.2) is 36.1 Å². The van der Waals surface area contributed by atoms with Gasteiger partial charge in [0.2, 0.25) is 5.76 Å². The minimum Gasteiger partial charge on any atom is -0.502 e. The summed E-state index contributed by atoms with van der Waals surface area (Å²) in [6.07, 6.45) is 0.648. The number of aliphatic hydroxyl groups excluding tert-OH is 1. The van der Waals surface area contributed by atoms with Gasteiger partial charge in [0.25, 0.3) is 5.91 Å². The van der Waals surface area contributed by atoms with Gasteiger partial charge in [-0.15, -0.1) is 0 Å². The summed E-state index contributed by atoms with van der Waals surface area (Å²) < 4.78 is 12.7. The maximum atomic E-state index is 12.7.